The molecule has 46 valence electrons. The van der Waals surface area contributed by atoms with Crippen molar-refractivity contribution in [2.45, 2.75) is 35.9 Å². The Balaban J connectivity index is 1.93. The van der Waals surface area contributed by atoms with Crippen LogP contribution in [0.2, 0.25) is 0 Å². The smallest absolute Gasteiger partial charge is 0.0551 e. The highest BCUT2D eigenvalue weighted by molar-refractivity contribution is 8.07. The molecule has 1 saturated heterocycles. The minimum Gasteiger partial charge on any atom is -0.393 e. The van der Waals surface area contributed by atoms with Crippen LogP contribution < -0.4 is 0 Å². The lowest BCUT2D eigenvalue weighted by Gasteiger charge is -2.12. The molecule has 3 unspecified atom stereocenters. The molecule has 2 fully saturated rings. The van der Waals surface area contributed by atoms with Crippen molar-refractivity contribution in [3.8, 4) is 0 Å². The van der Waals surface area contributed by atoms with Crippen molar-refractivity contribution >= 4 is 11.8 Å². The number of fused-ring (bicyclic) bond motifs is 1. The number of hydrogen-bond acceptors (Lipinski definition) is 2. The standard InChI is InChI=1S/C6H10OS/c7-4-1-2-5-6(3-4)8-5/h4-7H,1-3H2. The summed E-state index contributed by atoms with van der Waals surface area (Å²) in [6.45, 7) is 0. The number of hydrogen-bond donors (Lipinski definition) is 1. The normalized spacial score (nSPS) is 52.9. The van der Waals surface area contributed by atoms with Gasteiger partial charge in [-0.2, -0.15) is 11.8 Å². The summed E-state index contributed by atoms with van der Waals surface area (Å²) in [5.41, 5.74) is 0. The lowest BCUT2D eigenvalue weighted by atomic mass is 9.98. The highest BCUT2D eigenvalue weighted by Crippen LogP contribution is 2.50. The Labute approximate surface area is 53.5 Å². The zero-order valence-electron chi connectivity index (χ0n) is 4.71. The van der Waals surface area contributed by atoms with E-state index >= 15 is 0 Å². The van der Waals surface area contributed by atoms with Crippen molar-refractivity contribution < 1.29 is 5.11 Å². The number of rotatable bonds is 0. The van der Waals surface area contributed by atoms with Crippen LogP contribution in [0.3, 0.4) is 0 Å². The van der Waals surface area contributed by atoms with Gasteiger partial charge in [0.05, 0.1) is 6.10 Å². The van der Waals surface area contributed by atoms with Crippen molar-refractivity contribution in [2.75, 3.05) is 0 Å². The van der Waals surface area contributed by atoms with Gasteiger partial charge in [0.25, 0.3) is 0 Å². The Bertz CT molecular complexity index is 105. The van der Waals surface area contributed by atoms with Gasteiger partial charge in [-0.25, -0.2) is 0 Å². The van der Waals surface area contributed by atoms with Gasteiger partial charge in [0, 0.05) is 10.5 Å². The van der Waals surface area contributed by atoms with Crippen LogP contribution in [-0.4, -0.2) is 21.7 Å². The third-order valence-electron chi connectivity index (χ3n) is 1.98. The minimum absolute atomic E-state index is 0.0336. The molecule has 1 heterocycles. The van der Waals surface area contributed by atoms with Gasteiger partial charge in [0.15, 0.2) is 0 Å². The van der Waals surface area contributed by atoms with E-state index in [2.05, 4.69) is 0 Å². The fourth-order valence-corrected chi connectivity index (χ4v) is 2.59. The van der Waals surface area contributed by atoms with E-state index in [1.165, 1.54) is 6.42 Å². The molecule has 0 aromatic rings. The number of thioether (sulfide) groups is 1. The van der Waals surface area contributed by atoms with E-state index in [0.29, 0.717) is 0 Å². The molecule has 0 bridgehead atoms. The monoisotopic (exact) mass is 130 g/mol. The first kappa shape index (κ1) is 5.12. The fraction of sp³-hybridized carbons (Fsp3) is 1.00. The summed E-state index contributed by atoms with van der Waals surface area (Å²) in [5, 5.41) is 10.9. The second-order valence-corrected chi connectivity index (χ2v) is 4.16. The van der Waals surface area contributed by atoms with Crippen molar-refractivity contribution in [3.05, 3.63) is 0 Å². The molecule has 0 radical (unpaired) electrons. The van der Waals surface area contributed by atoms with Crippen LogP contribution in [0.5, 0.6) is 0 Å². The van der Waals surface area contributed by atoms with Crippen LogP contribution in [0.4, 0.5) is 0 Å². The number of aliphatic hydroxyl groups is 1. The fourth-order valence-electron chi connectivity index (χ4n) is 1.38. The molecule has 1 N–H and O–H groups in total. The van der Waals surface area contributed by atoms with Gasteiger partial charge >= 0.3 is 0 Å². The second kappa shape index (κ2) is 1.64. The molecule has 0 spiro atoms. The average Bonchev–Trinajstić information content (AvgIpc) is 2.43. The zero-order valence-corrected chi connectivity index (χ0v) is 5.53. The van der Waals surface area contributed by atoms with E-state index in [9.17, 15) is 0 Å². The summed E-state index contributed by atoms with van der Waals surface area (Å²) in [6.07, 6.45) is 3.41. The largest absolute Gasteiger partial charge is 0.393 e. The van der Waals surface area contributed by atoms with Gasteiger partial charge < -0.3 is 5.11 Å². The van der Waals surface area contributed by atoms with E-state index < -0.39 is 0 Å². The summed E-state index contributed by atoms with van der Waals surface area (Å²) in [7, 11) is 0. The quantitative estimate of drug-likeness (QED) is 0.494. The predicted octanol–water partition coefficient (Wildman–Crippen LogP) is 1.02. The highest BCUT2D eigenvalue weighted by atomic mass is 32.2. The third-order valence-corrected chi connectivity index (χ3v) is 3.45. The van der Waals surface area contributed by atoms with Gasteiger partial charge in [-0.1, -0.05) is 0 Å². The van der Waals surface area contributed by atoms with Crippen LogP contribution in [0, 0.1) is 0 Å². The predicted molar refractivity (Wildman–Crippen MR) is 35.0 cm³/mol. The van der Waals surface area contributed by atoms with Gasteiger partial charge in [-0.3, -0.25) is 0 Å². The van der Waals surface area contributed by atoms with Gasteiger partial charge in [-0.05, 0) is 19.3 Å². The van der Waals surface area contributed by atoms with E-state index in [1.54, 1.807) is 0 Å². The van der Waals surface area contributed by atoms with E-state index in [4.69, 9.17) is 5.11 Å². The molecule has 2 heteroatoms. The Morgan fingerprint density at radius 3 is 2.75 bits per heavy atom. The van der Waals surface area contributed by atoms with Gasteiger partial charge in [-0.15, -0.1) is 0 Å². The van der Waals surface area contributed by atoms with Crippen LogP contribution >= 0.6 is 11.8 Å². The van der Waals surface area contributed by atoms with Gasteiger partial charge in [0.1, 0.15) is 0 Å². The maximum atomic E-state index is 9.09. The summed E-state index contributed by atoms with van der Waals surface area (Å²) >= 11 is 2.04. The Hall–Kier alpha value is 0.310. The highest BCUT2D eigenvalue weighted by Gasteiger charge is 2.42. The Morgan fingerprint density at radius 1 is 1.25 bits per heavy atom. The molecule has 8 heavy (non-hydrogen) atoms. The third kappa shape index (κ3) is 0.759. The molecule has 1 saturated carbocycles. The molecular formula is C6H10OS. The van der Waals surface area contributed by atoms with Crippen LogP contribution in [0.25, 0.3) is 0 Å². The van der Waals surface area contributed by atoms with Crippen molar-refractivity contribution in [2.24, 2.45) is 0 Å². The maximum absolute atomic E-state index is 9.09. The molecule has 1 aliphatic heterocycles. The first-order valence-electron chi connectivity index (χ1n) is 3.20. The average molecular weight is 130 g/mol. The second-order valence-electron chi connectivity index (χ2n) is 2.68. The van der Waals surface area contributed by atoms with Gasteiger partial charge in [0.2, 0.25) is 0 Å². The van der Waals surface area contributed by atoms with Crippen LogP contribution in [0.1, 0.15) is 19.3 Å². The first-order valence-corrected chi connectivity index (χ1v) is 4.14. The first-order chi connectivity index (χ1) is 3.86. The van der Waals surface area contributed by atoms with E-state index in [1.807, 2.05) is 11.8 Å². The van der Waals surface area contributed by atoms with Crippen molar-refractivity contribution in [3.63, 3.8) is 0 Å². The molecule has 3 atom stereocenters. The van der Waals surface area contributed by atoms with Crippen LogP contribution in [0.15, 0.2) is 0 Å². The zero-order chi connectivity index (χ0) is 5.56. The SMILES string of the molecule is OC1CCC2SC2C1. The Kier molecular flexibility index (Phi) is 1.05. The summed E-state index contributed by atoms with van der Waals surface area (Å²) in [5.74, 6) is 0. The number of aliphatic hydroxyl groups excluding tert-OH is 1. The summed E-state index contributed by atoms with van der Waals surface area (Å²) in [6, 6.07) is 0. The minimum atomic E-state index is 0.0336. The molecule has 0 aromatic carbocycles. The Morgan fingerprint density at radius 2 is 2.12 bits per heavy atom. The lowest BCUT2D eigenvalue weighted by molar-refractivity contribution is 0.141. The molecule has 2 rings (SSSR count). The van der Waals surface area contributed by atoms with E-state index in [-0.39, 0.29) is 6.10 Å². The topological polar surface area (TPSA) is 20.2 Å². The summed E-state index contributed by atoms with van der Waals surface area (Å²) < 4.78 is 0. The maximum Gasteiger partial charge on any atom is 0.0551 e. The molecular weight excluding hydrogens is 120 g/mol. The molecule has 1 aliphatic carbocycles. The molecule has 2 aliphatic rings. The lowest BCUT2D eigenvalue weighted by Crippen LogP contribution is -2.17. The molecule has 1 nitrogen and oxygen atoms in total. The van der Waals surface area contributed by atoms with E-state index in [0.717, 1.165) is 23.3 Å². The summed E-state index contributed by atoms with van der Waals surface area (Å²) in [4.78, 5) is 0. The van der Waals surface area contributed by atoms with Crippen molar-refractivity contribution in [1.82, 2.24) is 0 Å². The van der Waals surface area contributed by atoms with Crippen molar-refractivity contribution in [1.29, 1.82) is 0 Å². The van der Waals surface area contributed by atoms with Crippen LogP contribution in [-0.2, 0) is 0 Å². The molecule has 0 amide bonds. The molecule has 0 aromatic heterocycles.